The van der Waals surface area contributed by atoms with Crippen molar-refractivity contribution in [1.29, 1.82) is 0 Å². The van der Waals surface area contributed by atoms with Gasteiger partial charge in [0.05, 0.1) is 0 Å². The van der Waals surface area contributed by atoms with E-state index in [2.05, 4.69) is 58.0 Å². The maximum atomic E-state index is 11.8. The molecule has 3 aromatic rings. The average molecular weight is 467 g/mol. The van der Waals surface area contributed by atoms with Crippen molar-refractivity contribution in [2.24, 2.45) is 11.5 Å². The lowest BCUT2D eigenvalue weighted by atomic mass is 9.63. The zero-order valence-corrected chi connectivity index (χ0v) is 21.2. The first-order valence-corrected chi connectivity index (χ1v) is 12.1. The highest BCUT2D eigenvalue weighted by Crippen LogP contribution is 2.47. The highest BCUT2D eigenvalue weighted by Gasteiger charge is 2.37. The first-order valence-electron chi connectivity index (χ1n) is 12.1. The number of allylic oxidation sites excluding steroid dienone is 2. The van der Waals surface area contributed by atoms with Gasteiger partial charge in [0.1, 0.15) is 0 Å². The quantitative estimate of drug-likeness (QED) is 0.264. The van der Waals surface area contributed by atoms with Gasteiger partial charge in [0.15, 0.2) is 0 Å². The van der Waals surface area contributed by atoms with Gasteiger partial charge in [0, 0.05) is 11.6 Å². The van der Waals surface area contributed by atoms with Crippen molar-refractivity contribution < 1.29 is 9.59 Å². The molecule has 0 fully saturated rings. The number of hydrogen-bond donors (Lipinski definition) is 2. The number of rotatable bonds is 5. The lowest BCUT2D eigenvalue weighted by molar-refractivity contribution is -0.113. The molecule has 0 saturated heterocycles. The molecule has 0 aromatic heterocycles. The minimum Gasteiger partial charge on any atom is -0.366 e. The van der Waals surface area contributed by atoms with E-state index >= 15 is 0 Å². The van der Waals surface area contributed by atoms with E-state index in [1.54, 1.807) is 18.2 Å². The fourth-order valence-corrected chi connectivity index (χ4v) is 5.14. The number of nitrogens with two attached hydrogens (primary N) is 2. The van der Waals surface area contributed by atoms with Crippen LogP contribution in [0.15, 0.2) is 66.2 Å². The van der Waals surface area contributed by atoms with Crippen LogP contribution in [0.3, 0.4) is 0 Å². The molecule has 0 unspecified atom stereocenters. The van der Waals surface area contributed by atoms with Crippen LogP contribution in [0.5, 0.6) is 0 Å². The number of carbonyl (C=O) groups is 2. The predicted octanol–water partition coefficient (Wildman–Crippen LogP) is 6.26. The fourth-order valence-electron chi connectivity index (χ4n) is 5.14. The molecule has 4 rings (SSSR count). The van der Waals surface area contributed by atoms with Crippen LogP contribution in [0, 0.1) is 0 Å². The number of benzene rings is 3. The van der Waals surface area contributed by atoms with Gasteiger partial charge in [-0.05, 0) is 99.0 Å². The largest absolute Gasteiger partial charge is 0.366 e. The molecule has 2 amide bonds. The molecule has 4 N–H and O–H groups in total. The van der Waals surface area contributed by atoms with Crippen molar-refractivity contribution in [3.8, 4) is 0 Å². The monoisotopic (exact) mass is 466 g/mol. The van der Waals surface area contributed by atoms with Gasteiger partial charge in [0.2, 0.25) is 11.8 Å². The van der Waals surface area contributed by atoms with Gasteiger partial charge in [-0.3, -0.25) is 9.59 Å². The molecule has 180 valence electrons. The van der Waals surface area contributed by atoms with Crippen LogP contribution in [0.4, 0.5) is 0 Å². The molecule has 0 radical (unpaired) electrons. The van der Waals surface area contributed by atoms with Gasteiger partial charge in [-0.15, -0.1) is 0 Å². The minimum atomic E-state index is -0.519. The summed E-state index contributed by atoms with van der Waals surface area (Å²) in [6, 6.07) is 18.2. The molecule has 0 aliphatic heterocycles. The molecular formula is C31H34N2O2. The van der Waals surface area contributed by atoms with Crippen LogP contribution < -0.4 is 11.5 Å². The zero-order chi connectivity index (χ0) is 25.5. The van der Waals surface area contributed by atoms with Crippen molar-refractivity contribution in [2.75, 3.05) is 0 Å². The molecule has 3 aromatic carbocycles. The Morgan fingerprint density at radius 1 is 0.800 bits per heavy atom. The van der Waals surface area contributed by atoms with E-state index in [0.29, 0.717) is 11.1 Å². The van der Waals surface area contributed by atoms with E-state index in [4.69, 9.17) is 11.5 Å². The SMILES string of the molecule is CC(=C\C(N)=O)/C(=C/c1ccc2cc3c(cc2c1)C(C)(C)CCC3(C)C)c1cccc(C(N)=O)c1. The lowest BCUT2D eigenvalue weighted by Gasteiger charge is -2.42. The number of hydrogen-bond acceptors (Lipinski definition) is 2. The summed E-state index contributed by atoms with van der Waals surface area (Å²) in [5, 5.41) is 2.40. The highest BCUT2D eigenvalue weighted by molar-refractivity contribution is 6.00. The van der Waals surface area contributed by atoms with E-state index in [9.17, 15) is 9.59 Å². The summed E-state index contributed by atoms with van der Waals surface area (Å²) in [6.45, 7) is 11.2. The van der Waals surface area contributed by atoms with Crippen molar-refractivity contribution in [3.63, 3.8) is 0 Å². The molecule has 0 spiro atoms. The van der Waals surface area contributed by atoms with Gasteiger partial charge in [0.25, 0.3) is 0 Å². The normalized spacial score (nSPS) is 17.2. The molecule has 4 nitrogen and oxygen atoms in total. The Hall–Kier alpha value is -3.66. The molecule has 1 aliphatic rings. The smallest absolute Gasteiger partial charge is 0.248 e. The van der Waals surface area contributed by atoms with E-state index in [1.165, 1.54) is 34.4 Å². The molecule has 0 heterocycles. The molecule has 0 bridgehead atoms. The Labute approximate surface area is 207 Å². The third-order valence-corrected chi connectivity index (χ3v) is 7.39. The molecule has 4 heteroatoms. The van der Waals surface area contributed by atoms with E-state index in [1.807, 2.05) is 19.1 Å². The van der Waals surface area contributed by atoms with Crippen LogP contribution in [0.1, 0.15) is 80.1 Å². The number of amides is 2. The van der Waals surface area contributed by atoms with Crippen LogP contribution in [-0.2, 0) is 15.6 Å². The van der Waals surface area contributed by atoms with Crippen LogP contribution in [-0.4, -0.2) is 11.8 Å². The van der Waals surface area contributed by atoms with Crippen molar-refractivity contribution in [1.82, 2.24) is 0 Å². The standard InChI is InChI=1S/C31H34N2O2/c1-19(13-28(32)34)25(22-7-6-8-23(16-22)29(33)35)15-20-9-10-21-17-26-27(18-24(21)14-20)31(4,5)12-11-30(26,2)3/h6-10,13-18H,11-12H2,1-5H3,(H2,32,34)(H2,33,35)/b19-13+,25-15-. The third-order valence-electron chi connectivity index (χ3n) is 7.39. The Kier molecular flexibility index (Phi) is 6.18. The number of carbonyl (C=O) groups excluding carboxylic acids is 2. The Morgan fingerprint density at radius 2 is 1.40 bits per heavy atom. The Morgan fingerprint density at radius 3 is 2.00 bits per heavy atom. The first kappa shape index (κ1) is 24.5. The summed E-state index contributed by atoms with van der Waals surface area (Å²) in [5.41, 5.74) is 17.8. The summed E-state index contributed by atoms with van der Waals surface area (Å²) in [6.07, 6.45) is 5.78. The van der Waals surface area contributed by atoms with Crippen molar-refractivity contribution >= 4 is 34.2 Å². The summed E-state index contributed by atoms with van der Waals surface area (Å²) in [5.74, 6) is -1.02. The van der Waals surface area contributed by atoms with Crippen LogP contribution in [0.2, 0.25) is 0 Å². The molecule has 35 heavy (non-hydrogen) atoms. The topological polar surface area (TPSA) is 86.2 Å². The second-order valence-corrected chi connectivity index (χ2v) is 11.0. The predicted molar refractivity (Wildman–Crippen MR) is 145 cm³/mol. The van der Waals surface area contributed by atoms with Gasteiger partial charge in [-0.1, -0.05) is 64.1 Å². The second-order valence-electron chi connectivity index (χ2n) is 11.0. The van der Waals surface area contributed by atoms with Gasteiger partial charge in [-0.2, -0.15) is 0 Å². The first-order chi connectivity index (χ1) is 16.4. The second kappa shape index (κ2) is 8.84. The molecule has 1 aliphatic carbocycles. The Bertz CT molecular complexity index is 1410. The lowest BCUT2D eigenvalue weighted by Crippen LogP contribution is -2.33. The summed E-state index contributed by atoms with van der Waals surface area (Å²) < 4.78 is 0. The van der Waals surface area contributed by atoms with E-state index in [-0.39, 0.29) is 10.8 Å². The zero-order valence-electron chi connectivity index (χ0n) is 21.2. The maximum absolute atomic E-state index is 11.8. The fraction of sp³-hybridized carbons (Fsp3) is 0.290. The minimum absolute atomic E-state index is 0.131. The van der Waals surface area contributed by atoms with Crippen LogP contribution >= 0.6 is 0 Å². The van der Waals surface area contributed by atoms with E-state index in [0.717, 1.165) is 23.1 Å². The average Bonchev–Trinajstić information content (AvgIpc) is 2.79. The Balaban J connectivity index is 1.89. The summed E-state index contributed by atoms with van der Waals surface area (Å²) in [7, 11) is 0. The third kappa shape index (κ3) is 4.93. The van der Waals surface area contributed by atoms with Crippen molar-refractivity contribution in [2.45, 2.75) is 58.3 Å². The number of fused-ring (bicyclic) bond motifs is 2. The number of primary amides is 2. The van der Waals surface area contributed by atoms with Gasteiger partial charge >= 0.3 is 0 Å². The highest BCUT2D eigenvalue weighted by atomic mass is 16.1. The van der Waals surface area contributed by atoms with Crippen molar-refractivity contribution in [3.05, 3.63) is 94.1 Å². The van der Waals surface area contributed by atoms with Crippen LogP contribution in [0.25, 0.3) is 22.4 Å². The maximum Gasteiger partial charge on any atom is 0.248 e. The summed E-state index contributed by atoms with van der Waals surface area (Å²) >= 11 is 0. The summed E-state index contributed by atoms with van der Waals surface area (Å²) in [4.78, 5) is 23.4. The molecule has 0 saturated carbocycles. The van der Waals surface area contributed by atoms with Gasteiger partial charge in [-0.25, -0.2) is 0 Å². The molecule has 0 atom stereocenters. The van der Waals surface area contributed by atoms with E-state index < -0.39 is 11.8 Å². The molecular weight excluding hydrogens is 432 g/mol. The van der Waals surface area contributed by atoms with Gasteiger partial charge < -0.3 is 11.5 Å².